The minimum Gasteiger partial charge on any atom is -0.454 e. The van der Waals surface area contributed by atoms with Crippen molar-refractivity contribution >= 4 is 23.0 Å². The van der Waals surface area contributed by atoms with Gasteiger partial charge in [-0.2, -0.15) is 0 Å². The van der Waals surface area contributed by atoms with Crippen LogP contribution in [0.4, 0.5) is 10.1 Å². The summed E-state index contributed by atoms with van der Waals surface area (Å²) in [5.74, 6) is 1.22. The molecule has 0 spiro atoms. The van der Waals surface area contributed by atoms with Crippen LogP contribution in [0, 0.1) is 12.7 Å². The Bertz CT molecular complexity index is 721. The SMILES string of the molecule is Cc1ccc(NC(=S)NCc2ccc3c(c2)OCO3)cc1F. The Morgan fingerprint density at radius 2 is 2.00 bits per heavy atom. The van der Waals surface area contributed by atoms with Crippen molar-refractivity contribution in [3.63, 3.8) is 0 Å². The van der Waals surface area contributed by atoms with Gasteiger partial charge in [0.05, 0.1) is 0 Å². The highest BCUT2D eigenvalue weighted by atomic mass is 32.1. The first kappa shape index (κ1) is 14.6. The second-order valence-electron chi connectivity index (χ2n) is 4.96. The lowest BCUT2D eigenvalue weighted by Gasteiger charge is -2.11. The van der Waals surface area contributed by atoms with E-state index in [1.165, 1.54) is 6.07 Å². The standard InChI is InChI=1S/C16H15FN2O2S/c1-10-2-4-12(7-13(10)17)19-16(22)18-8-11-3-5-14-15(6-11)21-9-20-14/h2-7H,8-9H2,1H3,(H2,18,19,22). The summed E-state index contributed by atoms with van der Waals surface area (Å²) in [4.78, 5) is 0. The van der Waals surface area contributed by atoms with E-state index in [2.05, 4.69) is 10.6 Å². The molecule has 0 atom stereocenters. The van der Waals surface area contributed by atoms with Crippen LogP contribution in [-0.2, 0) is 6.54 Å². The lowest BCUT2D eigenvalue weighted by molar-refractivity contribution is 0.174. The first-order valence-electron chi connectivity index (χ1n) is 6.81. The molecule has 1 aliphatic rings. The summed E-state index contributed by atoms with van der Waals surface area (Å²) in [6.45, 7) is 2.51. The van der Waals surface area contributed by atoms with E-state index in [1.807, 2.05) is 18.2 Å². The van der Waals surface area contributed by atoms with Crippen molar-refractivity contribution in [3.8, 4) is 11.5 Å². The third-order valence-corrected chi connectivity index (χ3v) is 3.57. The van der Waals surface area contributed by atoms with Crippen LogP contribution < -0.4 is 20.1 Å². The van der Waals surface area contributed by atoms with Crippen molar-refractivity contribution in [2.24, 2.45) is 0 Å². The summed E-state index contributed by atoms with van der Waals surface area (Å²) in [6.07, 6.45) is 0. The zero-order chi connectivity index (χ0) is 15.5. The summed E-state index contributed by atoms with van der Waals surface area (Å²) in [5.41, 5.74) is 2.24. The van der Waals surface area contributed by atoms with E-state index < -0.39 is 0 Å². The van der Waals surface area contributed by atoms with Crippen molar-refractivity contribution in [2.75, 3.05) is 12.1 Å². The third kappa shape index (κ3) is 3.28. The maximum atomic E-state index is 13.5. The van der Waals surface area contributed by atoms with Gasteiger partial charge >= 0.3 is 0 Å². The largest absolute Gasteiger partial charge is 0.454 e. The van der Waals surface area contributed by atoms with E-state index in [0.717, 1.165) is 17.1 Å². The van der Waals surface area contributed by atoms with Gasteiger partial charge in [-0.3, -0.25) is 0 Å². The molecule has 0 saturated heterocycles. The number of fused-ring (bicyclic) bond motifs is 1. The molecule has 2 N–H and O–H groups in total. The van der Waals surface area contributed by atoms with Crippen LogP contribution in [0.1, 0.15) is 11.1 Å². The van der Waals surface area contributed by atoms with Gasteiger partial charge in [-0.1, -0.05) is 12.1 Å². The Hall–Kier alpha value is -2.34. The zero-order valence-electron chi connectivity index (χ0n) is 12.0. The molecule has 3 rings (SSSR count). The zero-order valence-corrected chi connectivity index (χ0v) is 12.8. The summed E-state index contributed by atoms with van der Waals surface area (Å²) in [7, 11) is 0. The number of nitrogens with one attached hydrogen (secondary N) is 2. The smallest absolute Gasteiger partial charge is 0.231 e. The molecule has 0 radical (unpaired) electrons. The molecule has 6 heteroatoms. The van der Waals surface area contributed by atoms with E-state index in [-0.39, 0.29) is 12.6 Å². The molecule has 2 aromatic carbocycles. The molecule has 1 aliphatic heterocycles. The van der Waals surface area contributed by atoms with Gasteiger partial charge in [0.15, 0.2) is 16.6 Å². The van der Waals surface area contributed by atoms with Crippen molar-refractivity contribution in [3.05, 3.63) is 53.3 Å². The van der Waals surface area contributed by atoms with E-state index >= 15 is 0 Å². The molecule has 0 unspecified atom stereocenters. The number of hydrogen-bond acceptors (Lipinski definition) is 3. The molecule has 0 bridgehead atoms. The van der Waals surface area contributed by atoms with Crippen LogP contribution in [0.5, 0.6) is 11.5 Å². The third-order valence-electron chi connectivity index (χ3n) is 3.32. The number of ether oxygens (including phenoxy) is 2. The second-order valence-corrected chi connectivity index (χ2v) is 5.37. The second kappa shape index (κ2) is 6.19. The molecule has 0 aromatic heterocycles. The Morgan fingerprint density at radius 3 is 2.82 bits per heavy atom. The number of benzene rings is 2. The average Bonchev–Trinajstić information content (AvgIpc) is 2.96. The van der Waals surface area contributed by atoms with Gasteiger partial charge in [-0.25, -0.2) is 4.39 Å². The van der Waals surface area contributed by atoms with Gasteiger partial charge in [0.2, 0.25) is 6.79 Å². The van der Waals surface area contributed by atoms with Crippen molar-refractivity contribution in [1.29, 1.82) is 0 Å². The monoisotopic (exact) mass is 318 g/mol. The molecule has 0 aliphatic carbocycles. The van der Waals surface area contributed by atoms with Gasteiger partial charge in [0.25, 0.3) is 0 Å². The van der Waals surface area contributed by atoms with Crippen LogP contribution in [0.3, 0.4) is 0 Å². The Morgan fingerprint density at radius 1 is 1.18 bits per heavy atom. The fourth-order valence-corrected chi connectivity index (χ4v) is 2.27. The van der Waals surface area contributed by atoms with Crippen molar-refractivity contribution < 1.29 is 13.9 Å². The highest BCUT2D eigenvalue weighted by Crippen LogP contribution is 2.32. The predicted molar refractivity (Wildman–Crippen MR) is 86.8 cm³/mol. The number of halogens is 1. The molecule has 0 amide bonds. The maximum absolute atomic E-state index is 13.5. The highest BCUT2D eigenvalue weighted by Gasteiger charge is 2.13. The van der Waals surface area contributed by atoms with Crippen molar-refractivity contribution in [2.45, 2.75) is 13.5 Å². The summed E-state index contributed by atoms with van der Waals surface area (Å²) in [5, 5.41) is 6.46. The molecule has 1 heterocycles. The molecule has 22 heavy (non-hydrogen) atoms. The summed E-state index contributed by atoms with van der Waals surface area (Å²) < 4.78 is 24.1. The molecule has 0 saturated carbocycles. The van der Waals surface area contributed by atoms with Gasteiger partial charge in [-0.05, 0) is 54.5 Å². The van der Waals surface area contributed by atoms with Crippen LogP contribution in [0.25, 0.3) is 0 Å². The van der Waals surface area contributed by atoms with Gasteiger partial charge in [-0.15, -0.1) is 0 Å². The first-order chi connectivity index (χ1) is 10.6. The fourth-order valence-electron chi connectivity index (χ4n) is 2.08. The molecule has 114 valence electrons. The highest BCUT2D eigenvalue weighted by molar-refractivity contribution is 7.80. The van der Waals surface area contributed by atoms with Crippen LogP contribution in [0.2, 0.25) is 0 Å². The number of anilines is 1. The van der Waals surface area contributed by atoms with Crippen LogP contribution >= 0.6 is 12.2 Å². The number of rotatable bonds is 3. The summed E-state index contributed by atoms with van der Waals surface area (Å²) in [6, 6.07) is 10.6. The van der Waals surface area contributed by atoms with E-state index in [0.29, 0.717) is 22.9 Å². The van der Waals surface area contributed by atoms with Gasteiger partial charge < -0.3 is 20.1 Å². The van der Waals surface area contributed by atoms with E-state index in [9.17, 15) is 4.39 Å². The lowest BCUT2D eigenvalue weighted by Crippen LogP contribution is -2.27. The molecular formula is C16H15FN2O2S. The Kier molecular flexibility index (Phi) is 4.11. The number of aryl methyl sites for hydroxylation is 1. The van der Waals surface area contributed by atoms with E-state index in [4.69, 9.17) is 21.7 Å². The Balaban J connectivity index is 1.57. The molecule has 0 fully saturated rings. The summed E-state index contributed by atoms with van der Waals surface area (Å²) >= 11 is 5.21. The molecule has 4 nitrogen and oxygen atoms in total. The van der Waals surface area contributed by atoms with Gasteiger partial charge in [0, 0.05) is 12.2 Å². The average molecular weight is 318 g/mol. The van der Waals surface area contributed by atoms with Crippen LogP contribution in [-0.4, -0.2) is 11.9 Å². The van der Waals surface area contributed by atoms with E-state index in [1.54, 1.807) is 19.1 Å². The fraction of sp³-hybridized carbons (Fsp3) is 0.188. The van der Waals surface area contributed by atoms with Crippen LogP contribution in [0.15, 0.2) is 36.4 Å². The minimum atomic E-state index is -0.261. The molecular weight excluding hydrogens is 303 g/mol. The minimum absolute atomic E-state index is 0.255. The quantitative estimate of drug-likeness (QED) is 0.850. The van der Waals surface area contributed by atoms with Gasteiger partial charge in [0.1, 0.15) is 5.82 Å². The molecule has 2 aromatic rings. The Labute approximate surface area is 133 Å². The van der Waals surface area contributed by atoms with Crippen molar-refractivity contribution in [1.82, 2.24) is 5.32 Å². The lowest BCUT2D eigenvalue weighted by atomic mass is 10.2. The predicted octanol–water partition coefficient (Wildman–Crippen LogP) is 3.35. The first-order valence-corrected chi connectivity index (χ1v) is 7.22. The number of hydrogen-bond donors (Lipinski definition) is 2. The topological polar surface area (TPSA) is 42.5 Å². The normalized spacial score (nSPS) is 12.1. The maximum Gasteiger partial charge on any atom is 0.231 e. The number of thiocarbonyl (C=S) groups is 1.